The van der Waals surface area contributed by atoms with Crippen molar-refractivity contribution in [2.45, 2.75) is 38.5 Å². The number of nitrogens with zero attached hydrogens (tertiary/aromatic N) is 1. The zero-order valence-electron chi connectivity index (χ0n) is 31.7. The van der Waals surface area contributed by atoms with Crippen LogP contribution in [0, 0.1) is 0 Å². The van der Waals surface area contributed by atoms with Crippen LogP contribution in [0.25, 0.3) is 65.7 Å². The lowest BCUT2D eigenvalue weighted by atomic mass is 9.82. The summed E-state index contributed by atoms with van der Waals surface area (Å²) in [6.45, 7) is 9.48. The van der Waals surface area contributed by atoms with E-state index < -0.39 is 0 Å². The Balaban J connectivity index is 1.13. The van der Waals surface area contributed by atoms with Gasteiger partial charge in [-0.2, -0.15) is 0 Å². The van der Waals surface area contributed by atoms with Crippen LogP contribution in [0.3, 0.4) is 0 Å². The third kappa shape index (κ3) is 4.53. The summed E-state index contributed by atoms with van der Waals surface area (Å²) in [6.07, 6.45) is 0. The minimum absolute atomic E-state index is 0.0969. The Labute approximate surface area is 323 Å². The topological polar surface area (TPSA) is 3.24 Å². The molecular weight excluding hydrogens is 663 g/mol. The van der Waals surface area contributed by atoms with Crippen molar-refractivity contribution in [3.63, 3.8) is 0 Å². The predicted molar refractivity (Wildman–Crippen MR) is 234 cm³/mol. The van der Waals surface area contributed by atoms with Gasteiger partial charge in [0, 0.05) is 27.8 Å². The van der Waals surface area contributed by atoms with E-state index in [2.05, 4.69) is 209 Å². The minimum atomic E-state index is -0.105. The van der Waals surface area contributed by atoms with Crippen LogP contribution in [0.4, 0.5) is 17.1 Å². The summed E-state index contributed by atoms with van der Waals surface area (Å²) in [5.41, 5.74) is 16.6. The fourth-order valence-electron chi connectivity index (χ4n) is 10.1. The Morgan fingerprint density at radius 2 is 0.909 bits per heavy atom. The Kier molecular flexibility index (Phi) is 6.72. The van der Waals surface area contributed by atoms with Gasteiger partial charge in [-0.05, 0) is 113 Å². The van der Waals surface area contributed by atoms with Crippen LogP contribution in [-0.2, 0) is 10.8 Å². The summed E-state index contributed by atoms with van der Waals surface area (Å²) in [6, 6.07) is 65.8. The van der Waals surface area contributed by atoms with Crippen LogP contribution in [-0.4, -0.2) is 0 Å². The van der Waals surface area contributed by atoms with Crippen molar-refractivity contribution >= 4 is 49.4 Å². The second-order valence-electron chi connectivity index (χ2n) is 16.5. The molecule has 0 radical (unpaired) electrons. The average molecular weight is 704 g/mol. The molecule has 9 aromatic carbocycles. The lowest BCUT2D eigenvalue weighted by molar-refractivity contribution is 0.660. The highest BCUT2D eigenvalue weighted by Gasteiger charge is 2.39. The van der Waals surface area contributed by atoms with Crippen LogP contribution in [0.5, 0.6) is 0 Å². The molecule has 262 valence electrons. The molecule has 11 rings (SSSR count). The summed E-state index contributed by atoms with van der Waals surface area (Å²) in [5, 5.41) is 7.72. The summed E-state index contributed by atoms with van der Waals surface area (Å²) in [4.78, 5) is 2.51. The Hall–Kier alpha value is -6.44. The summed E-state index contributed by atoms with van der Waals surface area (Å²) in [7, 11) is 0. The van der Waals surface area contributed by atoms with E-state index in [0.717, 1.165) is 5.69 Å². The van der Waals surface area contributed by atoms with Gasteiger partial charge in [-0.25, -0.2) is 0 Å². The van der Waals surface area contributed by atoms with Gasteiger partial charge in [0.05, 0.1) is 5.69 Å². The maximum absolute atomic E-state index is 2.51. The summed E-state index contributed by atoms with van der Waals surface area (Å²) >= 11 is 0. The van der Waals surface area contributed by atoms with Gasteiger partial charge >= 0.3 is 0 Å². The van der Waals surface area contributed by atoms with E-state index in [-0.39, 0.29) is 10.8 Å². The molecule has 2 aliphatic carbocycles. The van der Waals surface area contributed by atoms with Crippen LogP contribution in [0.1, 0.15) is 49.9 Å². The Bertz CT molecular complexity index is 3030. The SMILES string of the molecule is CC1(C)c2ccccc2-c2ccc(N(c3ccc(-c4cccc5ccc6ccc7ccccc7c6c45)cc3)c3cccc4c3-c3ccccc3C4(C)C)cc21. The first-order valence-corrected chi connectivity index (χ1v) is 19.5. The minimum Gasteiger partial charge on any atom is -0.310 e. The van der Waals surface area contributed by atoms with Gasteiger partial charge in [0.2, 0.25) is 0 Å². The quantitative estimate of drug-likeness (QED) is 0.165. The fraction of sp³-hybridized carbons (Fsp3) is 0.111. The van der Waals surface area contributed by atoms with E-state index in [4.69, 9.17) is 0 Å². The maximum Gasteiger partial charge on any atom is 0.0543 e. The van der Waals surface area contributed by atoms with E-state index in [1.165, 1.54) is 99.3 Å². The largest absolute Gasteiger partial charge is 0.310 e. The molecule has 0 fully saturated rings. The van der Waals surface area contributed by atoms with Crippen molar-refractivity contribution in [1.82, 2.24) is 0 Å². The average Bonchev–Trinajstić information content (AvgIpc) is 3.60. The van der Waals surface area contributed by atoms with Crippen molar-refractivity contribution in [2.24, 2.45) is 0 Å². The second kappa shape index (κ2) is 11.5. The van der Waals surface area contributed by atoms with E-state index >= 15 is 0 Å². The van der Waals surface area contributed by atoms with Crippen molar-refractivity contribution < 1.29 is 0 Å². The Morgan fingerprint density at radius 1 is 0.364 bits per heavy atom. The van der Waals surface area contributed by atoms with Gasteiger partial charge in [0.1, 0.15) is 0 Å². The highest BCUT2D eigenvalue weighted by molar-refractivity contribution is 6.24. The highest BCUT2D eigenvalue weighted by atomic mass is 15.1. The Morgan fingerprint density at radius 3 is 1.71 bits per heavy atom. The van der Waals surface area contributed by atoms with Crippen LogP contribution >= 0.6 is 0 Å². The number of rotatable bonds is 4. The van der Waals surface area contributed by atoms with E-state index in [1.807, 2.05) is 0 Å². The van der Waals surface area contributed by atoms with Gasteiger partial charge in [-0.3, -0.25) is 0 Å². The molecule has 0 bridgehead atoms. The smallest absolute Gasteiger partial charge is 0.0543 e. The van der Waals surface area contributed by atoms with Crippen molar-refractivity contribution in [3.05, 3.63) is 198 Å². The molecule has 0 unspecified atom stereocenters. The van der Waals surface area contributed by atoms with E-state index in [0.29, 0.717) is 0 Å². The van der Waals surface area contributed by atoms with Gasteiger partial charge in [0.15, 0.2) is 0 Å². The molecule has 2 aliphatic rings. The molecule has 9 aromatic rings. The normalized spacial score (nSPS) is 14.5. The molecule has 0 aromatic heterocycles. The van der Waals surface area contributed by atoms with Crippen LogP contribution in [0.2, 0.25) is 0 Å². The first-order valence-electron chi connectivity index (χ1n) is 19.5. The van der Waals surface area contributed by atoms with Crippen molar-refractivity contribution in [3.8, 4) is 33.4 Å². The third-order valence-corrected chi connectivity index (χ3v) is 12.8. The molecule has 55 heavy (non-hydrogen) atoms. The van der Waals surface area contributed by atoms with Crippen molar-refractivity contribution in [1.29, 1.82) is 0 Å². The summed E-state index contributed by atoms with van der Waals surface area (Å²) < 4.78 is 0. The molecule has 0 saturated heterocycles. The zero-order chi connectivity index (χ0) is 37.1. The lowest BCUT2D eigenvalue weighted by Gasteiger charge is -2.30. The fourth-order valence-corrected chi connectivity index (χ4v) is 10.1. The maximum atomic E-state index is 2.51. The van der Waals surface area contributed by atoms with E-state index in [1.54, 1.807) is 0 Å². The second-order valence-corrected chi connectivity index (χ2v) is 16.5. The molecule has 0 N–H and O–H groups in total. The third-order valence-electron chi connectivity index (χ3n) is 12.8. The molecule has 0 amide bonds. The van der Waals surface area contributed by atoms with Gasteiger partial charge in [-0.15, -0.1) is 0 Å². The molecule has 0 atom stereocenters. The molecule has 0 saturated carbocycles. The molecule has 0 aliphatic heterocycles. The first kappa shape index (κ1) is 32.0. The van der Waals surface area contributed by atoms with Crippen LogP contribution < -0.4 is 4.90 Å². The highest BCUT2D eigenvalue weighted by Crippen LogP contribution is 2.56. The lowest BCUT2D eigenvalue weighted by Crippen LogP contribution is -2.17. The molecular formula is C54H41N. The first-order chi connectivity index (χ1) is 26.8. The van der Waals surface area contributed by atoms with Crippen LogP contribution in [0.15, 0.2) is 176 Å². The molecule has 1 nitrogen and oxygen atoms in total. The number of hydrogen-bond acceptors (Lipinski definition) is 1. The number of anilines is 3. The number of benzene rings is 9. The molecule has 1 heteroatoms. The molecule has 0 heterocycles. The standard InChI is InChI=1S/C54H41N/c1-53(2)46-20-10-8-17-44(46)52-47(53)21-12-22-49(52)55(39-31-32-43-42-16-7-9-19-45(42)54(3,4)48(43)33-39)38-29-27-35(28-30-38)41-18-11-14-36-25-26-37-24-23-34-13-5-6-15-40(34)51(37)50(36)41/h5-33H,1-4H3. The monoisotopic (exact) mass is 703 g/mol. The van der Waals surface area contributed by atoms with Gasteiger partial charge < -0.3 is 4.90 Å². The van der Waals surface area contributed by atoms with E-state index in [9.17, 15) is 0 Å². The van der Waals surface area contributed by atoms with Gasteiger partial charge in [0.25, 0.3) is 0 Å². The molecule has 0 spiro atoms. The predicted octanol–water partition coefficient (Wildman–Crippen LogP) is 14.9. The number of hydrogen-bond donors (Lipinski definition) is 0. The zero-order valence-corrected chi connectivity index (χ0v) is 31.7. The summed E-state index contributed by atoms with van der Waals surface area (Å²) in [5.74, 6) is 0. The van der Waals surface area contributed by atoms with Gasteiger partial charge in [-0.1, -0.05) is 173 Å². The number of fused-ring (bicyclic) bond motifs is 11. The van der Waals surface area contributed by atoms with Crippen molar-refractivity contribution in [2.75, 3.05) is 4.90 Å².